The monoisotopic (exact) mass is 1010 g/mol. The lowest BCUT2D eigenvalue weighted by Crippen LogP contribution is -2.47. The number of hydrogen-bond acceptors (Lipinski definition) is 13. The molecule has 74 heavy (non-hydrogen) atoms. The van der Waals surface area contributed by atoms with Crippen LogP contribution in [0.4, 0.5) is 16.6 Å². The molecule has 17 heteroatoms. The summed E-state index contributed by atoms with van der Waals surface area (Å²) in [6.45, 7) is 8.24. The first-order valence-electron chi connectivity index (χ1n) is 25.9. The number of amides is 3. The number of hydrogen-bond donors (Lipinski definition) is 3. The maximum absolute atomic E-state index is 13.7. The predicted molar refractivity (Wildman–Crippen MR) is 284 cm³/mol. The summed E-state index contributed by atoms with van der Waals surface area (Å²) in [5.41, 5.74) is 8.42. The van der Waals surface area contributed by atoms with Crippen molar-refractivity contribution in [3.8, 4) is 16.9 Å². The Bertz CT molecular complexity index is 3300. The zero-order chi connectivity index (χ0) is 50.6. The highest BCUT2D eigenvalue weighted by molar-refractivity contribution is 7.22. The minimum atomic E-state index is -1.11. The van der Waals surface area contributed by atoms with Gasteiger partial charge < -0.3 is 24.4 Å². The highest BCUT2D eigenvalue weighted by atomic mass is 32.1. The van der Waals surface area contributed by atoms with Gasteiger partial charge in [-0.1, -0.05) is 59.9 Å². The Morgan fingerprint density at radius 3 is 2.41 bits per heavy atom. The molecule has 3 unspecified atom stereocenters. The van der Waals surface area contributed by atoms with E-state index in [0.29, 0.717) is 72.9 Å². The van der Waals surface area contributed by atoms with E-state index in [2.05, 4.69) is 31.5 Å². The Kier molecular flexibility index (Phi) is 12.9. The Morgan fingerprint density at radius 1 is 0.824 bits per heavy atom. The van der Waals surface area contributed by atoms with Gasteiger partial charge in [0.05, 0.1) is 51.8 Å². The molecule has 7 aromatic rings. The topological polar surface area (TPSA) is 184 Å². The largest absolute Gasteiger partial charge is 0.490 e. The van der Waals surface area contributed by atoms with Crippen LogP contribution in [0, 0.1) is 18.8 Å². The highest BCUT2D eigenvalue weighted by Gasteiger charge is 2.43. The first-order chi connectivity index (χ1) is 36.0. The molecule has 4 aromatic carbocycles. The molecule has 2 saturated carbocycles. The molecule has 2 saturated heterocycles. The quantitative estimate of drug-likeness (QED) is 0.0938. The van der Waals surface area contributed by atoms with Crippen molar-refractivity contribution in [3.63, 3.8) is 0 Å². The maximum atomic E-state index is 13.7. The number of para-hydroxylation sites is 2. The van der Waals surface area contributed by atoms with Crippen LogP contribution in [-0.2, 0) is 34.3 Å². The number of carbonyl (C=O) groups is 4. The minimum Gasteiger partial charge on any atom is -0.490 e. The first-order valence-corrected chi connectivity index (χ1v) is 26.7. The van der Waals surface area contributed by atoms with Gasteiger partial charge in [0.25, 0.3) is 5.91 Å². The number of nitrogens with one attached hydrogen (secondary N) is 2. The lowest BCUT2D eigenvalue weighted by atomic mass is 9.92. The average molecular weight is 1010 g/mol. The van der Waals surface area contributed by atoms with Crippen molar-refractivity contribution in [2.75, 3.05) is 61.0 Å². The van der Waals surface area contributed by atoms with Crippen LogP contribution in [0.2, 0.25) is 0 Å². The molecule has 3 amide bonds. The number of aryl methyl sites for hydroxylation is 1. The number of thiazole rings is 1. The van der Waals surface area contributed by atoms with Crippen LogP contribution >= 0.6 is 11.3 Å². The van der Waals surface area contributed by atoms with Crippen molar-refractivity contribution in [2.45, 2.75) is 76.5 Å². The number of anilines is 3. The van der Waals surface area contributed by atoms with Gasteiger partial charge in [-0.25, -0.2) is 14.8 Å². The second kappa shape index (κ2) is 19.9. The summed E-state index contributed by atoms with van der Waals surface area (Å²) in [5.74, 6) is 0.140. The van der Waals surface area contributed by atoms with Gasteiger partial charge in [-0.3, -0.25) is 34.6 Å². The molecular weight excluding hydrogens is 955 g/mol. The van der Waals surface area contributed by atoms with Crippen molar-refractivity contribution >= 4 is 72.8 Å². The van der Waals surface area contributed by atoms with Gasteiger partial charge in [0.1, 0.15) is 11.6 Å². The summed E-state index contributed by atoms with van der Waals surface area (Å²) in [6.07, 6.45) is 5.82. The lowest BCUT2D eigenvalue weighted by molar-refractivity contribution is -0.134. The summed E-state index contributed by atoms with van der Waals surface area (Å²) in [4.78, 5) is 67.4. The zero-order valence-electron chi connectivity index (χ0n) is 41.6. The molecule has 3 aliphatic heterocycles. The van der Waals surface area contributed by atoms with E-state index < -0.39 is 11.9 Å². The fraction of sp³-hybridized carbons (Fsp3) is 0.386. The number of carbonyl (C=O) groups excluding carboxylic acids is 3. The molecular formula is C57H59N9O7S. The van der Waals surface area contributed by atoms with Gasteiger partial charge in [-0.2, -0.15) is 5.10 Å². The Labute approximate surface area is 432 Å². The zero-order valence-corrected chi connectivity index (χ0v) is 42.4. The number of piperazine rings is 1. The number of imide groups is 1. The van der Waals surface area contributed by atoms with E-state index >= 15 is 0 Å². The number of carboxylic acids is 1. The highest BCUT2D eigenvalue weighted by Crippen LogP contribution is 2.47. The molecule has 5 atom stereocenters. The number of ether oxygens (including phenoxy) is 2. The summed E-state index contributed by atoms with van der Waals surface area (Å²) < 4.78 is 16.2. The Hall–Kier alpha value is -7.21. The Morgan fingerprint density at radius 2 is 1.61 bits per heavy atom. The molecule has 0 spiro atoms. The van der Waals surface area contributed by atoms with E-state index in [1.807, 2.05) is 108 Å². The van der Waals surface area contributed by atoms with E-state index in [0.717, 1.165) is 119 Å². The Balaban J connectivity index is 0.633. The van der Waals surface area contributed by atoms with Crippen LogP contribution in [0.3, 0.4) is 0 Å². The standard InChI is InChI=1S/C57H59N9O7S/c1-33-39(40-16-18-49(59-52(40)56(70)71)66-21-20-34-8-5-10-41(44(34)32-66)54(68)61-57-58-45-12-3-4-15-48(45)74-57)9-7-14-47(33)73-38-30-35-28-37(29-36(35)31-38)72-27-26-64-22-24-65(25-23-64)46-13-6-11-42-51(62-63(2)53(42)46)43-17-19-50(67)60-55(43)69/h3-16,18,35-38,43H,17,19-32H2,1-2H3,(H,70,71)(H,58,61,68)(H,60,67,69)/t35-,36+,37?,38?,43?. The molecule has 3 N–H and O–H groups in total. The fourth-order valence-electron chi connectivity index (χ4n) is 12.4. The molecule has 5 aliphatic rings. The number of rotatable bonds is 13. The van der Waals surface area contributed by atoms with Crippen LogP contribution in [0.25, 0.3) is 32.2 Å². The molecule has 16 nitrogen and oxygen atoms in total. The molecule has 380 valence electrons. The number of piperidine rings is 1. The molecule has 3 aromatic heterocycles. The van der Waals surface area contributed by atoms with Crippen LogP contribution < -0.4 is 25.2 Å². The summed E-state index contributed by atoms with van der Waals surface area (Å²) >= 11 is 1.44. The predicted octanol–water partition coefficient (Wildman–Crippen LogP) is 8.36. The molecule has 6 heterocycles. The SMILES string of the molecule is Cc1c(OC2C[C@H]3CC(OCCN4CCN(c5cccc6c(C7CCC(=O)NC7=O)nn(C)c56)CC4)C[C@H]3C2)cccc1-c1ccc(N2CCc3cccc(C(=O)Nc4nc5ccccc5s4)c3C2)nc1C(=O)O. The second-order valence-electron chi connectivity index (χ2n) is 20.6. The molecule has 0 bridgehead atoms. The van der Waals surface area contributed by atoms with Crippen molar-refractivity contribution in [1.29, 1.82) is 0 Å². The van der Waals surface area contributed by atoms with Gasteiger partial charge in [-0.05, 0) is 122 Å². The van der Waals surface area contributed by atoms with Gasteiger partial charge >= 0.3 is 5.97 Å². The molecule has 12 rings (SSSR count). The summed E-state index contributed by atoms with van der Waals surface area (Å²) in [7, 11) is 1.93. The average Bonchev–Trinajstić information content (AvgIpc) is 4.18. The number of carboxylic acid groups (broad SMARTS) is 1. The third kappa shape index (κ3) is 9.25. The molecule has 4 fully saturated rings. The second-order valence-corrected chi connectivity index (χ2v) is 21.6. The first kappa shape index (κ1) is 47.8. The van der Waals surface area contributed by atoms with Crippen molar-refractivity contribution < 1.29 is 33.8 Å². The lowest BCUT2D eigenvalue weighted by Gasteiger charge is -2.36. The normalized spacial score (nSPS) is 22.0. The van der Waals surface area contributed by atoms with E-state index in [1.165, 1.54) is 11.3 Å². The maximum Gasteiger partial charge on any atom is 0.355 e. The number of fused-ring (bicyclic) bond motifs is 4. The summed E-state index contributed by atoms with van der Waals surface area (Å²) in [6, 6.07) is 29.4. The van der Waals surface area contributed by atoms with Crippen LogP contribution in [0.15, 0.2) is 91.0 Å². The van der Waals surface area contributed by atoms with Crippen LogP contribution in [0.1, 0.15) is 87.7 Å². The number of pyridine rings is 1. The smallest absolute Gasteiger partial charge is 0.355 e. The number of benzene rings is 4. The van der Waals surface area contributed by atoms with Crippen LogP contribution in [-0.4, -0.2) is 112 Å². The third-order valence-electron chi connectivity index (χ3n) is 16.2. The van der Waals surface area contributed by atoms with Crippen molar-refractivity contribution in [1.82, 2.24) is 30.0 Å². The number of nitrogens with zero attached hydrogens (tertiary/aromatic N) is 7. The number of aromatic nitrogens is 4. The van der Waals surface area contributed by atoms with Gasteiger partial charge in [0.15, 0.2) is 10.8 Å². The summed E-state index contributed by atoms with van der Waals surface area (Å²) in [5, 5.41) is 22.4. The number of aromatic carboxylic acids is 1. The fourth-order valence-corrected chi connectivity index (χ4v) is 13.3. The third-order valence-corrected chi connectivity index (χ3v) is 17.1. The van der Waals surface area contributed by atoms with E-state index in [9.17, 15) is 24.3 Å². The van der Waals surface area contributed by atoms with E-state index in [1.54, 1.807) is 0 Å². The van der Waals surface area contributed by atoms with E-state index in [-0.39, 0.29) is 35.6 Å². The van der Waals surface area contributed by atoms with Crippen LogP contribution in [0.5, 0.6) is 5.75 Å². The molecule has 2 aliphatic carbocycles. The molecule has 0 radical (unpaired) electrons. The van der Waals surface area contributed by atoms with Crippen molar-refractivity contribution in [3.05, 3.63) is 125 Å². The van der Waals surface area contributed by atoms with Gasteiger partial charge in [0, 0.05) is 75.8 Å². The van der Waals surface area contributed by atoms with E-state index in [4.69, 9.17) is 19.6 Å². The van der Waals surface area contributed by atoms with Gasteiger partial charge in [0.2, 0.25) is 11.8 Å². The minimum absolute atomic E-state index is 0.0267. The van der Waals surface area contributed by atoms with Gasteiger partial charge in [-0.15, -0.1) is 0 Å². The van der Waals surface area contributed by atoms with Crippen molar-refractivity contribution in [2.24, 2.45) is 18.9 Å².